The molecule has 1 aliphatic heterocycles. The van der Waals surface area contributed by atoms with Gasteiger partial charge in [-0.05, 0) is 38.1 Å². The summed E-state index contributed by atoms with van der Waals surface area (Å²) in [5.41, 5.74) is 0. The fraction of sp³-hybridized carbons (Fsp3) is 0.600. The molecule has 17 heavy (non-hydrogen) atoms. The number of sulfonamides is 1. The third kappa shape index (κ3) is 3.42. The first-order chi connectivity index (χ1) is 7.97. The average molecular weight is 295 g/mol. The molecule has 0 radical (unpaired) electrons. The standard InChI is InChI=1S/C10H15ClN2O2S2/c1-13-5-4-8(7-13)6-12-17(14,15)10-3-2-9(11)16-10/h2-3,8,12H,4-7H2,1H3. The van der Waals surface area contributed by atoms with E-state index in [2.05, 4.69) is 9.62 Å². The molecule has 1 aromatic heterocycles. The van der Waals surface area contributed by atoms with Crippen LogP contribution in [0.15, 0.2) is 16.3 Å². The van der Waals surface area contributed by atoms with Gasteiger partial charge < -0.3 is 4.90 Å². The van der Waals surface area contributed by atoms with Crippen LogP contribution in [0, 0.1) is 5.92 Å². The second-order valence-electron chi connectivity index (χ2n) is 4.33. The predicted molar refractivity (Wildman–Crippen MR) is 70.1 cm³/mol. The fourth-order valence-electron chi connectivity index (χ4n) is 1.93. The van der Waals surface area contributed by atoms with E-state index in [0.29, 0.717) is 16.8 Å². The van der Waals surface area contributed by atoms with Crippen LogP contribution in [0.1, 0.15) is 6.42 Å². The van der Waals surface area contributed by atoms with Crippen LogP contribution in [0.5, 0.6) is 0 Å². The first kappa shape index (κ1) is 13.3. The summed E-state index contributed by atoms with van der Waals surface area (Å²) in [6.07, 6.45) is 1.05. The normalized spacial score (nSPS) is 22.1. The van der Waals surface area contributed by atoms with Gasteiger partial charge in [0.1, 0.15) is 4.21 Å². The Balaban J connectivity index is 1.94. The Labute approximate surface area is 111 Å². The molecular formula is C10H15ClN2O2S2. The number of nitrogens with zero attached hydrogens (tertiary/aromatic N) is 1. The molecule has 1 aromatic rings. The van der Waals surface area contributed by atoms with Crippen LogP contribution in [-0.4, -0.2) is 40.0 Å². The van der Waals surface area contributed by atoms with E-state index in [1.54, 1.807) is 6.07 Å². The van der Waals surface area contributed by atoms with E-state index in [1.807, 2.05) is 7.05 Å². The summed E-state index contributed by atoms with van der Waals surface area (Å²) in [6.45, 7) is 2.49. The first-order valence-electron chi connectivity index (χ1n) is 5.41. The predicted octanol–water partition coefficient (Wildman–Crippen LogP) is 1.63. The van der Waals surface area contributed by atoms with Crippen LogP contribution in [0.3, 0.4) is 0 Å². The second-order valence-corrected chi connectivity index (χ2v) is 8.04. The van der Waals surface area contributed by atoms with Gasteiger partial charge in [0.05, 0.1) is 4.34 Å². The van der Waals surface area contributed by atoms with Gasteiger partial charge in [-0.25, -0.2) is 13.1 Å². The molecule has 1 unspecified atom stereocenters. The zero-order valence-corrected chi connectivity index (χ0v) is 11.9. The molecule has 0 spiro atoms. The smallest absolute Gasteiger partial charge is 0.250 e. The highest BCUT2D eigenvalue weighted by Gasteiger charge is 2.23. The van der Waals surface area contributed by atoms with Crippen molar-refractivity contribution in [1.82, 2.24) is 9.62 Å². The number of hydrogen-bond donors (Lipinski definition) is 1. The van der Waals surface area contributed by atoms with Crippen LogP contribution >= 0.6 is 22.9 Å². The highest BCUT2D eigenvalue weighted by Crippen LogP contribution is 2.25. The quantitative estimate of drug-likeness (QED) is 0.918. The van der Waals surface area contributed by atoms with E-state index in [4.69, 9.17) is 11.6 Å². The van der Waals surface area contributed by atoms with Crippen LogP contribution < -0.4 is 4.72 Å². The molecule has 2 heterocycles. The lowest BCUT2D eigenvalue weighted by molar-refractivity contribution is 0.394. The van der Waals surface area contributed by atoms with Crippen molar-refractivity contribution < 1.29 is 8.42 Å². The largest absolute Gasteiger partial charge is 0.306 e. The molecule has 96 valence electrons. The molecule has 4 nitrogen and oxygen atoms in total. The molecule has 0 aromatic carbocycles. The maximum absolute atomic E-state index is 11.9. The minimum atomic E-state index is -3.38. The number of rotatable bonds is 4. The lowest BCUT2D eigenvalue weighted by atomic mass is 10.1. The Morgan fingerprint density at radius 2 is 2.35 bits per heavy atom. The molecule has 1 saturated heterocycles. The number of halogens is 1. The molecule has 1 aliphatic rings. The number of nitrogens with one attached hydrogen (secondary N) is 1. The van der Waals surface area contributed by atoms with Crippen LogP contribution in [-0.2, 0) is 10.0 Å². The summed E-state index contributed by atoms with van der Waals surface area (Å²) in [6, 6.07) is 3.14. The lowest BCUT2D eigenvalue weighted by Crippen LogP contribution is -2.30. The third-order valence-corrected chi connectivity index (χ3v) is 6.01. The summed E-state index contributed by atoms with van der Waals surface area (Å²) in [5.74, 6) is 0.408. The molecule has 7 heteroatoms. The topological polar surface area (TPSA) is 49.4 Å². The summed E-state index contributed by atoms with van der Waals surface area (Å²) in [5, 5.41) is 0. The molecule has 1 N–H and O–H groups in total. The highest BCUT2D eigenvalue weighted by molar-refractivity contribution is 7.91. The van der Waals surface area contributed by atoms with Crippen LogP contribution in [0.4, 0.5) is 0 Å². The first-order valence-corrected chi connectivity index (χ1v) is 8.09. The minimum absolute atomic E-state index is 0.286. The lowest BCUT2D eigenvalue weighted by Gasteiger charge is -2.11. The van der Waals surface area contributed by atoms with Gasteiger partial charge in [-0.1, -0.05) is 11.6 Å². The maximum Gasteiger partial charge on any atom is 0.250 e. The van der Waals surface area contributed by atoms with Crippen LogP contribution in [0.25, 0.3) is 0 Å². The Morgan fingerprint density at radius 1 is 1.59 bits per heavy atom. The molecule has 0 bridgehead atoms. The van der Waals surface area contributed by atoms with Gasteiger partial charge in [0, 0.05) is 13.1 Å². The Hall–Kier alpha value is -0.140. The van der Waals surface area contributed by atoms with Gasteiger partial charge in [-0.3, -0.25) is 0 Å². The van der Waals surface area contributed by atoms with Gasteiger partial charge in [-0.15, -0.1) is 11.3 Å². The van der Waals surface area contributed by atoms with E-state index < -0.39 is 10.0 Å². The van der Waals surface area contributed by atoms with Gasteiger partial charge in [0.25, 0.3) is 0 Å². The summed E-state index contributed by atoms with van der Waals surface area (Å²) < 4.78 is 27.2. The Bertz CT molecular complexity index is 486. The number of likely N-dealkylation sites (tertiary alicyclic amines) is 1. The monoisotopic (exact) mass is 294 g/mol. The Kier molecular flexibility index (Phi) is 4.10. The van der Waals surface area contributed by atoms with Crippen molar-refractivity contribution in [3.8, 4) is 0 Å². The maximum atomic E-state index is 11.9. The highest BCUT2D eigenvalue weighted by atomic mass is 35.5. The van der Waals surface area contributed by atoms with Crippen molar-refractivity contribution in [2.75, 3.05) is 26.7 Å². The van der Waals surface area contributed by atoms with Gasteiger partial charge in [0.15, 0.2) is 0 Å². The van der Waals surface area contributed by atoms with Crippen LogP contribution in [0.2, 0.25) is 4.34 Å². The number of thiophene rings is 1. The Morgan fingerprint density at radius 3 is 2.88 bits per heavy atom. The summed E-state index contributed by atoms with van der Waals surface area (Å²) >= 11 is 6.81. The minimum Gasteiger partial charge on any atom is -0.306 e. The molecular weight excluding hydrogens is 280 g/mol. The van der Waals surface area contributed by atoms with Gasteiger partial charge in [-0.2, -0.15) is 0 Å². The number of hydrogen-bond acceptors (Lipinski definition) is 4. The van der Waals surface area contributed by atoms with Crippen molar-refractivity contribution >= 4 is 33.0 Å². The van der Waals surface area contributed by atoms with E-state index >= 15 is 0 Å². The zero-order valence-electron chi connectivity index (χ0n) is 9.52. The molecule has 0 amide bonds. The van der Waals surface area contributed by atoms with Crippen molar-refractivity contribution in [2.45, 2.75) is 10.6 Å². The van der Waals surface area contributed by atoms with E-state index in [1.165, 1.54) is 6.07 Å². The van der Waals surface area contributed by atoms with Crippen molar-refractivity contribution in [2.24, 2.45) is 5.92 Å². The van der Waals surface area contributed by atoms with Crippen molar-refractivity contribution in [3.05, 3.63) is 16.5 Å². The summed E-state index contributed by atoms with van der Waals surface area (Å²) in [7, 11) is -1.33. The molecule has 1 fully saturated rings. The van der Waals surface area contributed by atoms with Crippen molar-refractivity contribution in [3.63, 3.8) is 0 Å². The molecule has 1 atom stereocenters. The van der Waals surface area contributed by atoms with E-state index in [9.17, 15) is 8.42 Å². The molecule has 0 saturated carbocycles. The van der Waals surface area contributed by atoms with Gasteiger partial charge in [0.2, 0.25) is 10.0 Å². The fourth-order valence-corrected chi connectivity index (χ4v) is 4.58. The van der Waals surface area contributed by atoms with Crippen molar-refractivity contribution in [1.29, 1.82) is 0 Å². The molecule has 2 rings (SSSR count). The SMILES string of the molecule is CN1CCC(CNS(=O)(=O)c2ccc(Cl)s2)C1. The average Bonchev–Trinajstić information content (AvgIpc) is 2.85. The zero-order chi connectivity index (χ0) is 12.5. The second kappa shape index (κ2) is 5.24. The van der Waals surface area contributed by atoms with E-state index in [-0.39, 0.29) is 4.21 Å². The van der Waals surface area contributed by atoms with E-state index in [0.717, 1.165) is 30.8 Å². The summed E-state index contributed by atoms with van der Waals surface area (Å²) in [4.78, 5) is 2.21. The third-order valence-electron chi connectivity index (χ3n) is 2.86. The molecule has 0 aliphatic carbocycles. The van der Waals surface area contributed by atoms with Gasteiger partial charge >= 0.3 is 0 Å².